The molecule has 0 aliphatic heterocycles. The Hall–Kier alpha value is -1.90. The molecule has 0 amide bonds. The number of nitrogens with zero attached hydrogens (tertiary/aromatic N) is 4. The zero-order chi connectivity index (χ0) is 13.5. The number of aromatic nitrogens is 4. The summed E-state index contributed by atoms with van der Waals surface area (Å²) in [6.45, 7) is 0. The minimum Gasteiger partial charge on any atom is -0.463 e. The Morgan fingerprint density at radius 1 is 1.44 bits per heavy atom. The van der Waals surface area contributed by atoms with Crippen LogP contribution in [-0.4, -0.2) is 32.7 Å². The van der Waals surface area contributed by atoms with Crippen LogP contribution in [-0.2, 0) is 10.9 Å². The van der Waals surface area contributed by atoms with E-state index < -0.39 is 34.6 Å². The molecule has 2 heterocycles. The van der Waals surface area contributed by atoms with Crippen molar-refractivity contribution in [3.8, 4) is 0 Å². The van der Waals surface area contributed by atoms with Crippen LogP contribution in [0.3, 0.4) is 0 Å². The Labute approximate surface area is 102 Å². The Morgan fingerprint density at radius 2 is 2.11 bits per heavy atom. The average Bonchev–Trinajstić information content (AvgIpc) is 2.68. The van der Waals surface area contributed by atoms with Crippen LogP contribution in [0.4, 0.5) is 13.2 Å². The van der Waals surface area contributed by atoms with Gasteiger partial charge in [0.25, 0.3) is 11.6 Å². The molecule has 0 radical (unpaired) electrons. The fraction of sp³-hybridized carbons (Fsp3) is 0.250. The summed E-state index contributed by atoms with van der Waals surface area (Å²) in [6, 6.07) is 0.588. The molecule has 0 N–H and O–H groups in total. The van der Waals surface area contributed by atoms with Crippen LogP contribution in [0.15, 0.2) is 6.07 Å². The van der Waals surface area contributed by atoms with Gasteiger partial charge in [0.1, 0.15) is 5.15 Å². The predicted octanol–water partition coefficient (Wildman–Crippen LogP) is 1.58. The average molecular weight is 281 g/mol. The molecule has 0 saturated heterocycles. The van der Waals surface area contributed by atoms with Crippen LogP contribution in [0.1, 0.15) is 16.3 Å². The molecule has 96 valence electrons. The maximum atomic E-state index is 12.7. The second-order valence-electron chi connectivity index (χ2n) is 3.10. The molecule has 0 unspecified atom stereocenters. The zero-order valence-corrected chi connectivity index (χ0v) is 9.45. The first-order chi connectivity index (χ1) is 8.32. The molecule has 18 heavy (non-hydrogen) atoms. The van der Waals surface area contributed by atoms with Crippen LogP contribution in [0.5, 0.6) is 0 Å². The molecule has 0 saturated carbocycles. The molecule has 0 fully saturated rings. The van der Waals surface area contributed by atoms with E-state index in [1.165, 1.54) is 0 Å². The van der Waals surface area contributed by atoms with Crippen molar-refractivity contribution in [3.63, 3.8) is 0 Å². The molecular weight excluding hydrogens is 277 g/mol. The number of alkyl halides is 3. The van der Waals surface area contributed by atoms with Crippen LogP contribution in [0, 0.1) is 0 Å². The smallest absolute Gasteiger partial charge is 0.433 e. The minimum atomic E-state index is -4.70. The normalized spacial score (nSPS) is 11.8. The first kappa shape index (κ1) is 12.6. The van der Waals surface area contributed by atoms with Crippen molar-refractivity contribution in [2.24, 2.45) is 0 Å². The van der Waals surface area contributed by atoms with Gasteiger partial charge in [-0.1, -0.05) is 11.6 Å². The number of hydrogen-bond donors (Lipinski definition) is 0. The zero-order valence-electron chi connectivity index (χ0n) is 8.69. The predicted molar refractivity (Wildman–Crippen MR) is 52.1 cm³/mol. The third-order valence-electron chi connectivity index (χ3n) is 1.94. The SMILES string of the molecule is COC(=O)c1nc2nc(Cl)cc(C(F)(F)F)n2n1. The topological polar surface area (TPSA) is 69.4 Å². The summed E-state index contributed by atoms with van der Waals surface area (Å²) < 4.78 is 42.8. The largest absolute Gasteiger partial charge is 0.463 e. The van der Waals surface area contributed by atoms with Crippen molar-refractivity contribution >= 4 is 23.3 Å². The summed E-state index contributed by atoms with van der Waals surface area (Å²) in [5, 5.41) is 2.98. The van der Waals surface area contributed by atoms with E-state index in [0.717, 1.165) is 7.11 Å². The van der Waals surface area contributed by atoms with E-state index in [-0.39, 0.29) is 0 Å². The molecule has 0 aromatic carbocycles. The first-order valence-corrected chi connectivity index (χ1v) is 4.79. The first-order valence-electron chi connectivity index (χ1n) is 4.42. The van der Waals surface area contributed by atoms with Gasteiger partial charge in [-0.05, 0) is 0 Å². The Balaban J connectivity index is 2.72. The molecule has 0 aliphatic carbocycles. The van der Waals surface area contributed by atoms with Crippen LogP contribution >= 0.6 is 11.6 Å². The van der Waals surface area contributed by atoms with Crippen LogP contribution in [0.25, 0.3) is 5.78 Å². The fourth-order valence-corrected chi connectivity index (χ4v) is 1.40. The number of ether oxygens (including phenoxy) is 1. The molecule has 10 heteroatoms. The van der Waals surface area contributed by atoms with Gasteiger partial charge in [0, 0.05) is 6.07 Å². The lowest BCUT2D eigenvalue weighted by atomic mass is 10.4. The number of halogens is 4. The van der Waals surface area contributed by atoms with Crippen molar-refractivity contribution in [2.45, 2.75) is 6.18 Å². The molecule has 0 atom stereocenters. The number of carbonyl (C=O) groups is 1. The summed E-state index contributed by atoms with van der Waals surface area (Å²) in [6.07, 6.45) is -4.70. The van der Waals surface area contributed by atoms with Gasteiger partial charge in [-0.3, -0.25) is 0 Å². The quantitative estimate of drug-likeness (QED) is 0.586. The Morgan fingerprint density at radius 3 is 2.67 bits per heavy atom. The highest BCUT2D eigenvalue weighted by Crippen LogP contribution is 2.30. The summed E-state index contributed by atoms with van der Waals surface area (Å²) >= 11 is 5.44. The molecule has 2 aromatic heterocycles. The fourth-order valence-electron chi connectivity index (χ4n) is 1.22. The highest BCUT2D eigenvalue weighted by Gasteiger charge is 2.35. The maximum absolute atomic E-state index is 12.7. The lowest BCUT2D eigenvalue weighted by Crippen LogP contribution is -2.13. The second-order valence-corrected chi connectivity index (χ2v) is 3.49. The van der Waals surface area contributed by atoms with Crippen molar-refractivity contribution < 1.29 is 22.7 Å². The number of hydrogen-bond acceptors (Lipinski definition) is 5. The van der Waals surface area contributed by atoms with Gasteiger partial charge in [-0.2, -0.15) is 27.7 Å². The van der Waals surface area contributed by atoms with E-state index in [4.69, 9.17) is 11.6 Å². The number of methoxy groups -OCH3 is 1. The van der Waals surface area contributed by atoms with Gasteiger partial charge in [0.2, 0.25) is 0 Å². The Bertz CT molecular complexity index is 625. The van der Waals surface area contributed by atoms with E-state index in [9.17, 15) is 18.0 Å². The number of carbonyl (C=O) groups excluding carboxylic acids is 1. The summed E-state index contributed by atoms with van der Waals surface area (Å²) in [4.78, 5) is 18.2. The maximum Gasteiger partial charge on any atom is 0.433 e. The highest BCUT2D eigenvalue weighted by atomic mass is 35.5. The van der Waals surface area contributed by atoms with Crippen molar-refractivity contribution in [2.75, 3.05) is 7.11 Å². The summed E-state index contributed by atoms with van der Waals surface area (Å²) in [5.74, 6) is -1.93. The minimum absolute atomic E-state index is 0.387. The van der Waals surface area contributed by atoms with E-state index in [1.807, 2.05) is 0 Å². The molecule has 2 rings (SSSR count). The molecule has 2 aromatic rings. The van der Waals surface area contributed by atoms with Crippen molar-refractivity contribution in [1.29, 1.82) is 0 Å². The monoisotopic (exact) mass is 280 g/mol. The third-order valence-corrected chi connectivity index (χ3v) is 2.13. The van der Waals surface area contributed by atoms with E-state index >= 15 is 0 Å². The number of rotatable bonds is 1. The molecule has 0 spiro atoms. The van der Waals surface area contributed by atoms with Crippen molar-refractivity contribution in [3.05, 3.63) is 22.7 Å². The van der Waals surface area contributed by atoms with Gasteiger partial charge in [0.15, 0.2) is 5.69 Å². The molecule has 0 bridgehead atoms. The number of esters is 1. The Kier molecular flexibility index (Phi) is 2.85. The second kappa shape index (κ2) is 4.09. The molecule has 6 nitrogen and oxygen atoms in total. The van der Waals surface area contributed by atoms with Crippen LogP contribution < -0.4 is 0 Å². The summed E-state index contributed by atoms with van der Waals surface area (Å²) in [5.41, 5.74) is -1.18. The lowest BCUT2D eigenvalue weighted by Gasteiger charge is -2.07. The highest BCUT2D eigenvalue weighted by molar-refractivity contribution is 6.29. The van der Waals surface area contributed by atoms with Gasteiger partial charge >= 0.3 is 12.1 Å². The lowest BCUT2D eigenvalue weighted by molar-refractivity contribution is -0.142. The third kappa shape index (κ3) is 2.08. The van der Waals surface area contributed by atoms with E-state index in [0.29, 0.717) is 10.6 Å². The molecule has 0 aliphatic rings. The van der Waals surface area contributed by atoms with Gasteiger partial charge in [0.05, 0.1) is 7.11 Å². The van der Waals surface area contributed by atoms with Crippen LogP contribution in [0.2, 0.25) is 5.15 Å². The van der Waals surface area contributed by atoms with E-state index in [2.05, 4.69) is 19.8 Å². The van der Waals surface area contributed by atoms with Gasteiger partial charge < -0.3 is 4.74 Å². The number of fused-ring (bicyclic) bond motifs is 1. The molecular formula is C8H4ClF3N4O2. The van der Waals surface area contributed by atoms with Gasteiger partial charge in [-0.25, -0.2) is 4.79 Å². The van der Waals surface area contributed by atoms with Crippen molar-refractivity contribution in [1.82, 2.24) is 19.6 Å². The summed E-state index contributed by atoms with van der Waals surface area (Å²) in [7, 11) is 1.05. The standard InChI is InChI=1S/C8H4ClF3N4O2/c1-18-6(17)5-14-7-13-4(9)2-3(8(10,11)12)16(7)15-5/h2H,1H3. The van der Waals surface area contributed by atoms with Gasteiger partial charge in [-0.15, -0.1) is 5.10 Å². The van der Waals surface area contributed by atoms with E-state index in [1.54, 1.807) is 0 Å².